The molecule has 14 heteroatoms. The van der Waals surface area contributed by atoms with Crippen LogP contribution in [0.4, 0.5) is 18.0 Å². The molecule has 2 aliphatic rings. The number of aromatic nitrogens is 3. The fourth-order valence-corrected chi connectivity index (χ4v) is 4.71. The van der Waals surface area contributed by atoms with E-state index in [1.807, 2.05) is 0 Å². The van der Waals surface area contributed by atoms with Gasteiger partial charge < -0.3 is 24.4 Å². The lowest BCUT2D eigenvalue weighted by Crippen LogP contribution is -2.44. The SMILES string of the molecule is O=C(NCc1ccc(Cl)cc1)c1cc(O[C@H]2CCN3C(=O)OC[C@@H]3C2)c(-c2cnn(C(F)F)c2)nc1OCCF. The summed E-state index contributed by atoms with van der Waals surface area (Å²) in [5, 5.41) is 6.99. The number of carbonyl (C=O) groups is 2. The van der Waals surface area contributed by atoms with E-state index < -0.39 is 19.1 Å². The summed E-state index contributed by atoms with van der Waals surface area (Å²) in [6, 6.07) is 8.12. The lowest BCUT2D eigenvalue weighted by Gasteiger charge is -2.33. The standard InChI is InChI=1S/C26H25ClF3N5O5/c27-17-3-1-15(2-4-17)11-31-23(36)20-10-21(40-19-5-7-34-18(9-19)14-39-26(34)37)22(33-24(20)38-8-6-28)16-12-32-35(13-16)25(29)30/h1-4,10,12-13,18-19,25H,5-9,11,14H2,(H,31,36)/t18-,19-/m0/s1. The average Bonchev–Trinajstić information content (AvgIpc) is 3.59. The molecule has 2 atom stereocenters. The second-order valence-electron chi connectivity index (χ2n) is 9.21. The summed E-state index contributed by atoms with van der Waals surface area (Å²) >= 11 is 5.93. The summed E-state index contributed by atoms with van der Waals surface area (Å²) in [7, 11) is 0. The molecule has 2 fully saturated rings. The van der Waals surface area contributed by atoms with E-state index in [0.717, 1.165) is 11.8 Å². The fraction of sp³-hybridized carbons (Fsp3) is 0.385. The zero-order valence-electron chi connectivity index (χ0n) is 21.1. The smallest absolute Gasteiger partial charge is 0.410 e. The minimum atomic E-state index is -2.89. The maximum absolute atomic E-state index is 13.3. The number of pyridine rings is 1. The van der Waals surface area contributed by atoms with Crippen LogP contribution >= 0.6 is 11.6 Å². The Labute approximate surface area is 232 Å². The summed E-state index contributed by atoms with van der Waals surface area (Å²) in [4.78, 5) is 31.2. The molecule has 212 valence electrons. The van der Waals surface area contributed by atoms with Crippen LogP contribution in [0.15, 0.2) is 42.7 Å². The van der Waals surface area contributed by atoms with Gasteiger partial charge in [0.1, 0.15) is 43.0 Å². The molecule has 1 aromatic carbocycles. The first kappa shape index (κ1) is 27.6. The van der Waals surface area contributed by atoms with Crippen molar-refractivity contribution in [3.63, 3.8) is 0 Å². The Balaban J connectivity index is 1.47. The summed E-state index contributed by atoms with van der Waals surface area (Å²) in [6.45, 7) is -3.31. The number of alkyl halides is 3. The quantitative estimate of drug-likeness (QED) is 0.373. The first-order chi connectivity index (χ1) is 19.3. The molecule has 2 amide bonds. The number of nitrogens with zero attached hydrogens (tertiary/aromatic N) is 4. The number of ether oxygens (including phenoxy) is 3. The molecule has 0 bridgehead atoms. The number of carbonyl (C=O) groups excluding carboxylic acids is 2. The fourth-order valence-electron chi connectivity index (χ4n) is 4.58. The van der Waals surface area contributed by atoms with Gasteiger partial charge in [0.25, 0.3) is 5.91 Å². The highest BCUT2D eigenvalue weighted by atomic mass is 35.5. The van der Waals surface area contributed by atoms with Gasteiger partial charge in [-0.25, -0.2) is 18.9 Å². The Morgan fingerprint density at radius 3 is 2.80 bits per heavy atom. The Morgan fingerprint density at radius 1 is 1.27 bits per heavy atom. The van der Waals surface area contributed by atoms with Gasteiger partial charge in [0, 0.05) is 48.8 Å². The minimum Gasteiger partial charge on any atom is -0.488 e. The molecule has 4 heterocycles. The van der Waals surface area contributed by atoms with E-state index in [9.17, 15) is 22.8 Å². The Kier molecular flexibility index (Phi) is 8.29. The third-order valence-electron chi connectivity index (χ3n) is 6.55. The van der Waals surface area contributed by atoms with Crippen molar-refractivity contribution in [2.45, 2.75) is 38.1 Å². The normalized spacial score (nSPS) is 18.4. The van der Waals surface area contributed by atoms with E-state index in [4.69, 9.17) is 25.8 Å². The maximum atomic E-state index is 13.3. The summed E-state index contributed by atoms with van der Waals surface area (Å²) < 4.78 is 56.9. The summed E-state index contributed by atoms with van der Waals surface area (Å²) in [5.41, 5.74) is 1.03. The number of benzene rings is 1. The predicted molar refractivity (Wildman–Crippen MR) is 136 cm³/mol. The lowest BCUT2D eigenvalue weighted by atomic mass is 10.0. The van der Waals surface area contributed by atoms with Crippen LogP contribution in [0.5, 0.6) is 11.6 Å². The lowest BCUT2D eigenvalue weighted by molar-refractivity contribution is 0.0566. The van der Waals surface area contributed by atoms with Gasteiger partial charge >= 0.3 is 12.6 Å². The number of cyclic esters (lactones) is 1. The second kappa shape index (κ2) is 12.0. The van der Waals surface area contributed by atoms with Crippen LogP contribution in [0, 0.1) is 0 Å². The van der Waals surface area contributed by atoms with Crippen molar-refractivity contribution >= 4 is 23.6 Å². The number of piperidine rings is 1. The van der Waals surface area contributed by atoms with Gasteiger partial charge in [-0.15, -0.1) is 0 Å². The van der Waals surface area contributed by atoms with Crippen LogP contribution in [0.1, 0.15) is 35.3 Å². The van der Waals surface area contributed by atoms with Crippen molar-refractivity contribution in [1.82, 2.24) is 25.0 Å². The van der Waals surface area contributed by atoms with Gasteiger partial charge in [0.2, 0.25) is 5.88 Å². The molecule has 2 saturated heterocycles. The summed E-state index contributed by atoms with van der Waals surface area (Å²) in [6.07, 6.45) is 2.44. The molecule has 0 spiro atoms. The van der Waals surface area contributed by atoms with E-state index in [1.165, 1.54) is 12.3 Å². The van der Waals surface area contributed by atoms with Gasteiger partial charge in [0.15, 0.2) is 0 Å². The third-order valence-corrected chi connectivity index (χ3v) is 6.80. The van der Waals surface area contributed by atoms with Gasteiger partial charge in [-0.2, -0.15) is 13.9 Å². The van der Waals surface area contributed by atoms with Gasteiger partial charge in [-0.1, -0.05) is 23.7 Å². The van der Waals surface area contributed by atoms with Crippen LogP contribution in [0.3, 0.4) is 0 Å². The number of fused-ring (bicyclic) bond motifs is 1. The van der Waals surface area contributed by atoms with Crippen LogP contribution in [-0.2, 0) is 11.3 Å². The highest BCUT2D eigenvalue weighted by molar-refractivity contribution is 6.30. The number of nitrogens with one attached hydrogen (secondary N) is 1. The number of hydrogen-bond donors (Lipinski definition) is 1. The zero-order chi connectivity index (χ0) is 28.2. The Morgan fingerprint density at radius 2 is 2.08 bits per heavy atom. The van der Waals surface area contributed by atoms with E-state index in [-0.39, 0.29) is 66.4 Å². The molecular weight excluding hydrogens is 555 g/mol. The van der Waals surface area contributed by atoms with Crippen LogP contribution in [-0.4, -0.2) is 70.2 Å². The van der Waals surface area contributed by atoms with Crippen LogP contribution < -0.4 is 14.8 Å². The van der Waals surface area contributed by atoms with Crippen molar-refractivity contribution < 1.29 is 37.0 Å². The number of hydrogen-bond acceptors (Lipinski definition) is 7. The van der Waals surface area contributed by atoms with E-state index in [1.54, 1.807) is 29.2 Å². The molecule has 40 heavy (non-hydrogen) atoms. The third kappa shape index (κ3) is 6.09. The van der Waals surface area contributed by atoms with Crippen molar-refractivity contribution in [1.29, 1.82) is 0 Å². The van der Waals surface area contributed by atoms with Gasteiger partial charge in [-0.3, -0.25) is 4.79 Å². The predicted octanol–water partition coefficient (Wildman–Crippen LogP) is 4.63. The topological polar surface area (TPSA) is 108 Å². The molecule has 0 unspecified atom stereocenters. The van der Waals surface area contributed by atoms with Crippen molar-refractivity contribution in [3.8, 4) is 22.9 Å². The summed E-state index contributed by atoms with van der Waals surface area (Å²) in [5.74, 6) is -0.634. The first-order valence-corrected chi connectivity index (χ1v) is 12.9. The highest BCUT2D eigenvalue weighted by Gasteiger charge is 2.39. The van der Waals surface area contributed by atoms with Crippen molar-refractivity contribution in [2.24, 2.45) is 0 Å². The highest BCUT2D eigenvalue weighted by Crippen LogP contribution is 2.36. The largest absolute Gasteiger partial charge is 0.488 e. The van der Waals surface area contributed by atoms with Crippen LogP contribution in [0.25, 0.3) is 11.3 Å². The molecule has 0 radical (unpaired) electrons. The van der Waals surface area contributed by atoms with E-state index in [2.05, 4.69) is 15.4 Å². The molecule has 3 aromatic rings. The van der Waals surface area contributed by atoms with E-state index in [0.29, 0.717) is 29.1 Å². The molecule has 0 aliphatic carbocycles. The Hall–Kier alpha value is -4.00. The van der Waals surface area contributed by atoms with Crippen molar-refractivity contribution in [2.75, 3.05) is 26.4 Å². The molecule has 2 aliphatic heterocycles. The van der Waals surface area contributed by atoms with E-state index >= 15 is 0 Å². The van der Waals surface area contributed by atoms with Crippen molar-refractivity contribution in [3.05, 3.63) is 58.9 Å². The Bertz CT molecular complexity index is 1370. The average molecular weight is 580 g/mol. The number of amides is 2. The number of halogens is 4. The maximum Gasteiger partial charge on any atom is 0.410 e. The molecule has 0 saturated carbocycles. The first-order valence-electron chi connectivity index (χ1n) is 12.5. The zero-order valence-corrected chi connectivity index (χ0v) is 21.8. The van der Waals surface area contributed by atoms with Gasteiger partial charge in [0.05, 0.1) is 12.2 Å². The number of rotatable bonds is 10. The molecule has 2 aromatic heterocycles. The second-order valence-corrected chi connectivity index (χ2v) is 9.65. The molecule has 1 N–H and O–H groups in total. The van der Waals surface area contributed by atoms with Crippen LogP contribution in [0.2, 0.25) is 5.02 Å². The molecule has 10 nitrogen and oxygen atoms in total. The minimum absolute atomic E-state index is 0.0285. The molecule has 5 rings (SSSR count). The monoisotopic (exact) mass is 579 g/mol. The molecular formula is C26H25ClF3N5O5. The van der Waals surface area contributed by atoms with Gasteiger partial charge in [-0.05, 0) is 17.7 Å².